The van der Waals surface area contributed by atoms with Crippen LogP contribution in [-0.4, -0.2) is 22.4 Å². The first-order chi connectivity index (χ1) is 19.4. The van der Waals surface area contributed by atoms with Gasteiger partial charge in [-0.2, -0.15) is 0 Å². The molecule has 0 aromatic heterocycles. The molecule has 0 saturated carbocycles. The average Bonchev–Trinajstić information content (AvgIpc) is 2.96. The number of hydrogen-bond acceptors (Lipinski definition) is 7. The minimum absolute atomic E-state index is 0.0298. The SMILES string of the molecule is O=C(NCc1ccccc1)Oc1ccc(C2CCc3c(O)cc(O)cc3O2)cc1OC(=O)NCc1ccccc1. The number of fused-ring (bicyclic) bond motifs is 1. The van der Waals surface area contributed by atoms with Gasteiger partial charge < -0.3 is 35.1 Å². The van der Waals surface area contributed by atoms with Gasteiger partial charge in [0.15, 0.2) is 11.5 Å². The van der Waals surface area contributed by atoms with Crippen LogP contribution in [0.2, 0.25) is 0 Å². The van der Waals surface area contributed by atoms with Gasteiger partial charge in [0.2, 0.25) is 0 Å². The third-order valence-electron chi connectivity index (χ3n) is 6.40. The molecule has 1 unspecified atom stereocenters. The normalized spacial score (nSPS) is 13.8. The van der Waals surface area contributed by atoms with Crippen molar-refractivity contribution in [3.8, 4) is 28.7 Å². The fourth-order valence-electron chi connectivity index (χ4n) is 4.40. The van der Waals surface area contributed by atoms with Crippen LogP contribution < -0.4 is 24.8 Å². The van der Waals surface area contributed by atoms with E-state index in [-0.39, 0.29) is 36.1 Å². The quantitative estimate of drug-likeness (QED) is 0.235. The number of rotatable bonds is 7. The Morgan fingerprint density at radius 3 is 2.00 bits per heavy atom. The van der Waals surface area contributed by atoms with Crippen LogP contribution in [0.3, 0.4) is 0 Å². The summed E-state index contributed by atoms with van der Waals surface area (Å²) in [5.41, 5.74) is 3.07. The Morgan fingerprint density at radius 2 is 1.38 bits per heavy atom. The number of aromatic hydroxyl groups is 2. The van der Waals surface area contributed by atoms with Crippen LogP contribution in [0, 0.1) is 0 Å². The van der Waals surface area contributed by atoms with E-state index in [0.717, 1.165) is 11.1 Å². The van der Waals surface area contributed by atoms with Crippen LogP contribution in [-0.2, 0) is 19.5 Å². The molecule has 5 rings (SSSR count). The highest BCUT2D eigenvalue weighted by atomic mass is 16.6. The molecule has 0 aliphatic carbocycles. The standard InChI is InChI=1S/C31H28N2O7/c34-23-16-25(35)24-12-14-26(38-28(24)17-23)22-11-13-27(39-30(36)32-18-20-7-3-1-4-8-20)29(15-22)40-31(37)33-19-21-9-5-2-6-10-21/h1-11,13,15-17,26,34-35H,12,14,18-19H2,(H,32,36)(H,33,37). The van der Waals surface area contributed by atoms with Crippen molar-refractivity contribution in [1.29, 1.82) is 0 Å². The maximum absolute atomic E-state index is 12.7. The van der Waals surface area contributed by atoms with Crippen LogP contribution >= 0.6 is 0 Å². The maximum atomic E-state index is 12.7. The zero-order valence-electron chi connectivity index (χ0n) is 21.5. The molecular weight excluding hydrogens is 512 g/mol. The summed E-state index contributed by atoms with van der Waals surface area (Å²) in [6, 6.07) is 26.3. The summed E-state index contributed by atoms with van der Waals surface area (Å²) >= 11 is 0. The Balaban J connectivity index is 1.33. The molecule has 0 saturated heterocycles. The highest BCUT2D eigenvalue weighted by Gasteiger charge is 2.26. The van der Waals surface area contributed by atoms with Crippen molar-refractivity contribution in [2.24, 2.45) is 0 Å². The summed E-state index contributed by atoms with van der Waals surface area (Å²) in [5, 5.41) is 25.4. The van der Waals surface area contributed by atoms with Crippen LogP contribution in [0.5, 0.6) is 28.7 Å². The summed E-state index contributed by atoms with van der Waals surface area (Å²) in [6.45, 7) is 0.517. The predicted octanol–water partition coefficient (Wildman–Crippen LogP) is 5.74. The van der Waals surface area contributed by atoms with Gasteiger partial charge in [0.1, 0.15) is 23.4 Å². The molecule has 2 amide bonds. The molecule has 204 valence electrons. The zero-order valence-corrected chi connectivity index (χ0v) is 21.5. The van der Waals surface area contributed by atoms with Gasteiger partial charge in [0, 0.05) is 30.8 Å². The summed E-state index contributed by atoms with van der Waals surface area (Å²) in [7, 11) is 0. The van der Waals surface area contributed by atoms with E-state index in [0.29, 0.717) is 29.7 Å². The summed E-state index contributed by atoms with van der Waals surface area (Å²) in [6.07, 6.45) is -0.840. The van der Waals surface area contributed by atoms with E-state index >= 15 is 0 Å². The molecule has 0 spiro atoms. The summed E-state index contributed by atoms with van der Waals surface area (Å²) in [5.74, 6) is 0.318. The van der Waals surface area contributed by atoms with Gasteiger partial charge in [-0.25, -0.2) is 9.59 Å². The van der Waals surface area contributed by atoms with Crippen molar-refractivity contribution >= 4 is 12.2 Å². The topological polar surface area (TPSA) is 126 Å². The molecule has 0 bridgehead atoms. The predicted molar refractivity (Wildman–Crippen MR) is 147 cm³/mol. The van der Waals surface area contributed by atoms with E-state index in [4.69, 9.17) is 14.2 Å². The second-order valence-electron chi connectivity index (χ2n) is 9.25. The highest BCUT2D eigenvalue weighted by molar-refractivity contribution is 5.74. The Kier molecular flexibility index (Phi) is 8.01. The molecule has 1 aliphatic rings. The van der Waals surface area contributed by atoms with Gasteiger partial charge >= 0.3 is 12.2 Å². The second-order valence-corrected chi connectivity index (χ2v) is 9.25. The number of ether oxygens (including phenoxy) is 3. The van der Waals surface area contributed by atoms with Gasteiger partial charge in [-0.3, -0.25) is 0 Å². The molecule has 40 heavy (non-hydrogen) atoms. The molecule has 1 atom stereocenters. The van der Waals surface area contributed by atoms with E-state index in [1.165, 1.54) is 18.2 Å². The van der Waals surface area contributed by atoms with Crippen molar-refractivity contribution in [2.45, 2.75) is 32.0 Å². The van der Waals surface area contributed by atoms with Crippen molar-refractivity contribution in [3.63, 3.8) is 0 Å². The van der Waals surface area contributed by atoms with Gasteiger partial charge in [-0.1, -0.05) is 66.7 Å². The van der Waals surface area contributed by atoms with Crippen LogP contribution in [0.25, 0.3) is 0 Å². The molecule has 9 nitrogen and oxygen atoms in total. The Morgan fingerprint density at radius 1 is 0.775 bits per heavy atom. The molecular formula is C31H28N2O7. The number of carbonyl (C=O) groups excluding carboxylic acids is 2. The van der Waals surface area contributed by atoms with Crippen LogP contribution in [0.1, 0.15) is 34.8 Å². The Hall–Kier alpha value is -5.18. The molecule has 4 aromatic carbocycles. The Bertz CT molecular complexity index is 1490. The fourth-order valence-corrected chi connectivity index (χ4v) is 4.40. The highest BCUT2D eigenvalue weighted by Crippen LogP contribution is 2.43. The monoisotopic (exact) mass is 540 g/mol. The van der Waals surface area contributed by atoms with Crippen molar-refractivity contribution in [2.75, 3.05) is 0 Å². The molecule has 0 fully saturated rings. The number of phenols is 2. The molecule has 4 N–H and O–H groups in total. The first-order valence-electron chi connectivity index (χ1n) is 12.8. The van der Waals surface area contributed by atoms with E-state index in [9.17, 15) is 19.8 Å². The number of nitrogens with one attached hydrogen (secondary N) is 2. The average molecular weight is 541 g/mol. The smallest absolute Gasteiger partial charge is 0.413 e. The van der Waals surface area contributed by atoms with E-state index in [1.807, 2.05) is 60.7 Å². The molecule has 0 radical (unpaired) electrons. The van der Waals surface area contributed by atoms with E-state index in [1.54, 1.807) is 12.1 Å². The number of hydrogen-bond donors (Lipinski definition) is 4. The van der Waals surface area contributed by atoms with Crippen molar-refractivity contribution < 1.29 is 34.0 Å². The first-order valence-corrected chi connectivity index (χ1v) is 12.8. The van der Waals surface area contributed by atoms with E-state index in [2.05, 4.69) is 10.6 Å². The lowest BCUT2D eigenvalue weighted by Crippen LogP contribution is -2.28. The summed E-state index contributed by atoms with van der Waals surface area (Å²) in [4.78, 5) is 25.2. The second kappa shape index (κ2) is 12.1. The van der Waals surface area contributed by atoms with Gasteiger partial charge in [0.05, 0.1) is 0 Å². The fraction of sp³-hybridized carbons (Fsp3) is 0.161. The minimum atomic E-state index is -0.722. The third kappa shape index (κ3) is 6.63. The molecule has 4 aromatic rings. The van der Waals surface area contributed by atoms with Gasteiger partial charge in [-0.15, -0.1) is 0 Å². The van der Waals surface area contributed by atoms with Crippen LogP contribution in [0.4, 0.5) is 9.59 Å². The summed E-state index contributed by atoms with van der Waals surface area (Å²) < 4.78 is 17.1. The van der Waals surface area contributed by atoms with Crippen LogP contribution in [0.15, 0.2) is 91.0 Å². The number of phenolic OH excluding ortho intramolecular Hbond substituents is 2. The number of amides is 2. The lowest BCUT2D eigenvalue weighted by molar-refractivity contribution is 0.172. The van der Waals surface area contributed by atoms with E-state index < -0.39 is 18.3 Å². The van der Waals surface area contributed by atoms with Crippen molar-refractivity contribution in [1.82, 2.24) is 10.6 Å². The number of benzene rings is 4. The number of carbonyl (C=O) groups is 2. The third-order valence-corrected chi connectivity index (χ3v) is 6.40. The lowest BCUT2D eigenvalue weighted by atomic mass is 9.96. The Labute approximate surface area is 231 Å². The van der Waals surface area contributed by atoms with Crippen molar-refractivity contribution in [3.05, 3.63) is 113 Å². The largest absolute Gasteiger partial charge is 0.508 e. The lowest BCUT2D eigenvalue weighted by Gasteiger charge is -2.27. The molecule has 1 heterocycles. The minimum Gasteiger partial charge on any atom is -0.508 e. The maximum Gasteiger partial charge on any atom is 0.413 e. The molecule has 1 aliphatic heterocycles. The molecule has 9 heteroatoms. The zero-order chi connectivity index (χ0) is 27.9. The van der Waals surface area contributed by atoms with Gasteiger partial charge in [0.25, 0.3) is 0 Å². The van der Waals surface area contributed by atoms with Gasteiger partial charge in [-0.05, 0) is 41.7 Å². The first kappa shape index (κ1) is 26.4.